The zero-order valence-corrected chi connectivity index (χ0v) is 11.0. The van der Waals surface area contributed by atoms with Crippen LogP contribution in [0.1, 0.15) is 12.5 Å². The zero-order chi connectivity index (χ0) is 13.7. The first-order chi connectivity index (χ1) is 9.20. The summed E-state index contributed by atoms with van der Waals surface area (Å²) >= 11 is 0. The molecule has 0 unspecified atom stereocenters. The molecular formula is C17H18O2. The van der Waals surface area contributed by atoms with Crippen LogP contribution in [0.25, 0.3) is 11.1 Å². The number of hydrogen-bond donors (Lipinski definition) is 2. The third kappa shape index (κ3) is 3.46. The zero-order valence-electron chi connectivity index (χ0n) is 11.0. The molecule has 0 atom stereocenters. The molecule has 0 amide bonds. The monoisotopic (exact) mass is 254 g/mol. The molecule has 0 radical (unpaired) electrons. The van der Waals surface area contributed by atoms with E-state index in [1.807, 2.05) is 55.5 Å². The summed E-state index contributed by atoms with van der Waals surface area (Å²) in [6.45, 7) is 1.93. The Labute approximate surface area is 113 Å². The molecule has 0 aliphatic heterocycles. The van der Waals surface area contributed by atoms with Gasteiger partial charge in [0, 0.05) is 0 Å². The molecule has 2 aromatic rings. The average molecular weight is 254 g/mol. The van der Waals surface area contributed by atoms with Gasteiger partial charge >= 0.3 is 0 Å². The molecular weight excluding hydrogens is 236 g/mol. The van der Waals surface area contributed by atoms with Gasteiger partial charge in [-0.25, -0.2) is 0 Å². The molecule has 19 heavy (non-hydrogen) atoms. The Hall–Kier alpha value is -2.06. The number of benzene rings is 2. The van der Waals surface area contributed by atoms with E-state index in [4.69, 9.17) is 5.11 Å². The molecule has 2 nitrogen and oxygen atoms in total. The lowest BCUT2D eigenvalue weighted by molar-refractivity contribution is 0.331. The van der Waals surface area contributed by atoms with Gasteiger partial charge in [-0.3, -0.25) is 0 Å². The van der Waals surface area contributed by atoms with Gasteiger partial charge in [-0.1, -0.05) is 48.0 Å². The van der Waals surface area contributed by atoms with E-state index in [0.717, 1.165) is 22.3 Å². The first-order valence-electron chi connectivity index (χ1n) is 6.34. The molecule has 0 bridgehead atoms. The first kappa shape index (κ1) is 13.4. The maximum absolute atomic E-state index is 9.88. The van der Waals surface area contributed by atoms with Crippen LogP contribution in [0.15, 0.2) is 60.2 Å². The van der Waals surface area contributed by atoms with E-state index in [2.05, 4.69) is 0 Å². The van der Waals surface area contributed by atoms with Crippen LogP contribution >= 0.6 is 0 Å². The van der Waals surface area contributed by atoms with E-state index in [0.29, 0.717) is 12.2 Å². The van der Waals surface area contributed by atoms with Crippen LogP contribution in [0.3, 0.4) is 0 Å². The van der Waals surface area contributed by atoms with E-state index in [1.165, 1.54) is 0 Å². The fraction of sp³-hybridized carbons (Fsp3) is 0.176. The number of phenolic OH excluding ortho intramolecular Hbond substituents is 1. The third-order valence-electron chi connectivity index (χ3n) is 3.11. The minimum absolute atomic E-state index is 0.0547. The molecule has 2 heteroatoms. The average Bonchev–Trinajstić information content (AvgIpc) is 2.47. The van der Waals surface area contributed by atoms with E-state index >= 15 is 0 Å². The summed E-state index contributed by atoms with van der Waals surface area (Å²) in [6, 6.07) is 15.7. The van der Waals surface area contributed by atoms with Gasteiger partial charge in [0.05, 0.1) is 6.61 Å². The largest absolute Gasteiger partial charge is 0.508 e. The van der Waals surface area contributed by atoms with Gasteiger partial charge in [-0.15, -0.1) is 0 Å². The number of aliphatic hydroxyl groups excluding tert-OH is 1. The molecule has 0 saturated carbocycles. The molecule has 98 valence electrons. The molecule has 0 aliphatic rings. The summed E-state index contributed by atoms with van der Waals surface area (Å²) in [7, 11) is 0. The summed E-state index contributed by atoms with van der Waals surface area (Å²) in [5, 5.41) is 18.9. The predicted molar refractivity (Wildman–Crippen MR) is 78.1 cm³/mol. The highest BCUT2D eigenvalue weighted by atomic mass is 16.3. The van der Waals surface area contributed by atoms with Crippen molar-refractivity contribution in [2.75, 3.05) is 6.61 Å². The molecule has 2 rings (SSSR count). The fourth-order valence-electron chi connectivity index (χ4n) is 1.91. The van der Waals surface area contributed by atoms with Crippen LogP contribution in [0.5, 0.6) is 5.75 Å². The molecule has 0 aromatic heterocycles. The molecule has 0 saturated heterocycles. The van der Waals surface area contributed by atoms with Crippen molar-refractivity contribution >= 4 is 0 Å². The summed E-state index contributed by atoms with van der Waals surface area (Å²) in [5.74, 6) is 0.293. The Morgan fingerprint density at radius 2 is 1.79 bits per heavy atom. The van der Waals surface area contributed by atoms with Crippen LogP contribution in [-0.4, -0.2) is 16.8 Å². The number of rotatable bonds is 4. The normalized spacial score (nSPS) is 11.6. The number of allylic oxidation sites excluding steroid dienone is 1. The van der Waals surface area contributed by atoms with E-state index in [-0.39, 0.29) is 6.61 Å². The van der Waals surface area contributed by atoms with E-state index < -0.39 is 0 Å². The van der Waals surface area contributed by atoms with Crippen LogP contribution in [0.2, 0.25) is 0 Å². The predicted octanol–water partition coefficient (Wildman–Crippen LogP) is 3.54. The van der Waals surface area contributed by atoms with Gasteiger partial charge in [0.2, 0.25) is 0 Å². The van der Waals surface area contributed by atoms with Crippen LogP contribution in [0.4, 0.5) is 0 Å². The van der Waals surface area contributed by atoms with Crippen LogP contribution in [0, 0.1) is 0 Å². The van der Waals surface area contributed by atoms with E-state index in [1.54, 1.807) is 6.07 Å². The van der Waals surface area contributed by atoms with Gasteiger partial charge in [0.1, 0.15) is 5.75 Å². The number of aliphatic hydroxyl groups is 1. The van der Waals surface area contributed by atoms with Crippen molar-refractivity contribution in [3.8, 4) is 16.9 Å². The maximum Gasteiger partial charge on any atom is 0.119 e. The Kier molecular flexibility index (Phi) is 4.37. The minimum atomic E-state index is 0.0547. The van der Waals surface area contributed by atoms with Gasteiger partial charge in [0.15, 0.2) is 0 Å². The van der Waals surface area contributed by atoms with Crippen molar-refractivity contribution in [2.24, 2.45) is 0 Å². The Balaban J connectivity index is 2.30. The lowest BCUT2D eigenvalue weighted by Crippen LogP contribution is -1.89. The standard InChI is InChI=1S/C17H18O2/c1-13(12-18)7-8-16-11-15(9-10-17(16)19)14-5-3-2-4-6-14/h2-7,9-11,18-19H,8,12H2,1H3/b13-7-. The maximum atomic E-state index is 9.88. The van der Waals surface area contributed by atoms with E-state index in [9.17, 15) is 5.11 Å². The van der Waals surface area contributed by atoms with Gasteiger partial charge < -0.3 is 10.2 Å². The Bertz CT molecular complexity index is 571. The van der Waals surface area contributed by atoms with Crippen molar-refractivity contribution in [1.29, 1.82) is 0 Å². The quantitative estimate of drug-likeness (QED) is 0.819. The molecule has 2 N–H and O–H groups in total. The number of phenols is 1. The smallest absolute Gasteiger partial charge is 0.119 e. The highest BCUT2D eigenvalue weighted by molar-refractivity contribution is 5.65. The second-order valence-electron chi connectivity index (χ2n) is 4.62. The number of hydrogen-bond acceptors (Lipinski definition) is 2. The minimum Gasteiger partial charge on any atom is -0.508 e. The molecule has 0 heterocycles. The van der Waals surface area contributed by atoms with Crippen molar-refractivity contribution in [3.05, 3.63) is 65.7 Å². The summed E-state index contributed by atoms with van der Waals surface area (Å²) < 4.78 is 0. The Morgan fingerprint density at radius 1 is 1.05 bits per heavy atom. The van der Waals surface area contributed by atoms with Crippen LogP contribution < -0.4 is 0 Å². The summed E-state index contributed by atoms with van der Waals surface area (Å²) in [5.41, 5.74) is 3.99. The van der Waals surface area contributed by atoms with Gasteiger partial charge in [-0.2, -0.15) is 0 Å². The van der Waals surface area contributed by atoms with Crippen molar-refractivity contribution in [2.45, 2.75) is 13.3 Å². The first-order valence-corrected chi connectivity index (χ1v) is 6.34. The third-order valence-corrected chi connectivity index (χ3v) is 3.11. The molecule has 0 fully saturated rings. The second-order valence-corrected chi connectivity index (χ2v) is 4.62. The summed E-state index contributed by atoms with van der Waals surface area (Å²) in [4.78, 5) is 0. The van der Waals surface area contributed by atoms with Gasteiger partial charge in [-0.05, 0) is 42.2 Å². The molecule has 0 spiro atoms. The fourth-order valence-corrected chi connectivity index (χ4v) is 1.91. The Morgan fingerprint density at radius 3 is 2.47 bits per heavy atom. The van der Waals surface area contributed by atoms with Crippen molar-refractivity contribution in [3.63, 3.8) is 0 Å². The number of aromatic hydroxyl groups is 1. The lowest BCUT2D eigenvalue weighted by Gasteiger charge is -2.07. The topological polar surface area (TPSA) is 40.5 Å². The highest BCUT2D eigenvalue weighted by Gasteiger charge is 2.03. The van der Waals surface area contributed by atoms with Crippen molar-refractivity contribution in [1.82, 2.24) is 0 Å². The lowest BCUT2D eigenvalue weighted by atomic mass is 10.0. The highest BCUT2D eigenvalue weighted by Crippen LogP contribution is 2.26. The molecule has 0 aliphatic carbocycles. The van der Waals surface area contributed by atoms with Gasteiger partial charge in [0.25, 0.3) is 0 Å². The molecule has 2 aromatic carbocycles. The van der Waals surface area contributed by atoms with Crippen molar-refractivity contribution < 1.29 is 10.2 Å². The summed E-state index contributed by atoms with van der Waals surface area (Å²) in [6.07, 6.45) is 2.56. The second kappa shape index (κ2) is 6.21. The SMILES string of the molecule is C/C(=C/Cc1cc(-c2ccccc2)ccc1O)CO. The van der Waals surface area contributed by atoms with Crippen LogP contribution in [-0.2, 0) is 6.42 Å².